The molecule has 2 N–H and O–H groups in total. The number of benzene rings is 1. The second kappa shape index (κ2) is 9.49. The highest BCUT2D eigenvalue weighted by molar-refractivity contribution is 5.49. The number of anilines is 2. The fourth-order valence-electron chi connectivity index (χ4n) is 3.43. The number of aliphatic hydroxyl groups excluding tert-OH is 1. The van der Waals surface area contributed by atoms with E-state index in [4.69, 9.17) is 4.74 Å². The van der Waals surface area contributed by atoms with Crippen molar-refractivity contribution in [2.24, 2.45) is 5.92 Å². The summed E-state index contributed by atoms with van der Waals surface area (Å²) in [6, 6.07) is 11.4. The Morgan fingerprint density at radius 3 is 2.77 bits per heavy atom. The van der Waals surface area contributed by atoms with Crippen molar-refractivity contribution in [3.8, 4) is 11.6 Å². The normalized spacial score (nSPS) is 16.3. The highest BCUT2D eigenvalue weighted by Crippen LogP contribution is 2.23. The van der Waals surface area contributed by atoms with Crippen LogP contribution in [0.2, 0.25) is 0 Å². The van der Waals surface area contributed by atoms with E-state index in [9.17, 15) is 9.50 Å². The first-order chi connectivity index (χ1) is 14.7. The monoisotopic (exact) mass is 409 g/mol. The largest absolute Gasteiger partial charge is 0.439 e. The van der Waals surface area contributed by atoms with Crippen LogP contribution in [-0.2, 0) is 6.54 Å². The minimum Gasteiger partial charge on any atom is -0.439 e. The molecular weight excluding hydrogens is 385 g/mol. The molecule has 1 aliphatic heterocycles. The van der Waals surface area contributed by atoms with E-state index in [2.05, 4.69) is 25.2 Å². The van der Waals surface area contributed by atoms with Gasteiger partial charge in [-0.05, 0) is 48.6 Å². The van der Waals surface area contributed by atoms with Crippen LogP contribution >= 0.6 is 0 Å². The lowest BCUT2D eigenvalue weighted by atomic mass is 9.99. The van der Waals surface area contributed by atoms with Crippen LogP contribution in [0.4, 0.5) is 16.0 Å². The van der Waals surface area contributed by atoms with Crippen LogP contribution in [0.1, 0.15) is 18.4 Å². The van der Waals surface area contributed by atoms with Crippen LogP contribution in [0.5, 0.6) is 11.6 Å². The number of hydrogen-bond donors (Lipinski definition) is 2. The molecule has 0 radical (unpaired) electrons. The average Bonchev–Trinajstić information content (AvgIpc) is 2.80. The minimum atomic E-state index is -0.307. The first-order valence-electron chi connectivity index (χ1n) is 9.99. The van der Waals surface area contributed by atoms with E-state index in [1.807, 2.05) is 12.1 Å². The number of ether oxygens (including phenoxy) is 1. The van der Waals surface area contributed by atoms with Crippen molar-refractivity contribution in [1.82, 2.24) is 15.0 Å². The fourth-order valence-corrected chi connectivity index (χ4v) is 3.43. The molecular formula is C22H24FN5O2. The molecule has 30 heavy (non-hydrogen) atoms. The predicted molar refractivity (Wildman–Crippen MR) is 112 cm³/mol. The number of piperidine rings is 1. The minimum absolute atomic E-state index is 0.209. The number of hydrogen-bond acceptors (Lipinski definition) is 7. The number of rotatable bonds is 7. The van der Waals surface area contributed by atoms with Gasteiger partial charge in [-0.15, -0.1) is 0 Å². The second-order valence-electron chi connectivity index (χ2n) is 7.31. The van der Waals surface area contributed by atoms with Crippen molar-refractivity contribution in [3.05, 3.63) is 66.4 Å². The predicted octanol–water partition coefficient (Wildman–Crippen LogP) is 3.62. The lowest BCUT2D eigenvalue weighted by Crippen LogP contribution is -2.37. The molecule has 3 aromatic rings. The summed E-state index contributed by atoms with van der Waals surface area (Å²) in [5, 5.41) is 12.7. The third-order valence-electron chi connectivity index (χ3n) is 5.06. The smallest absolute Gasteiger partial charge is 0.219 e. The Kier molecular flexibility index (Phi) is 6.34. The average molecular weight is 409 g/mol. The highest BCUT2D eigenvalue weighted by atomic mass is 19.1. The molecule has 1 saturated heterocycles. The Morgan fingerprint density at radius 2 is 2.00 bits per heavy atom. The molecule has 0 aliphatic carbocycles. The van der Waals surface area contributed by atoms with Gasteiger partial charge >= 0.3 is 0 Å². The molecule has 3 heterocycles. The SMILES string of the molecule is OCC1CCCN(c2cc(NCc3ccc(Oc4ccc(F)cc4)nc3)ncn2)C1. The zero-order valence-corrected chi connectivity index (χ0v) is 16.5. The lowest BCUT2D eigenvalue weighted by molar-refractivity contribution is 0.208. The molecule has 0 saturated carbocycles. The van der Waals surface area contributed by atoms with Crippen LogP contribution in [0, 0.1) is 11.7 Å². The Labute approximate surface area is 174 Å². The molecule has 4 rings (SSSR count). The molecule has 1 aliphatic rings. The van der Waals surface area contributed by atoms with Gasteiger partial charge in [0, 0.05) is 44.6 Å². The van der Waals surface area contributed by atoms with Crippen LogP contribution in [0.15, 0.2) is 55.0 Å². The van der Waals surface area contributed by atoms with Crippen molar-refractivity contribution in [3.63, 3.8) is 0 Å². The first-order valence-corrected chi connectivity index (χ1v) is 9.99. The van der Waals surface area contributed by atoms with Gasteiger partial charge in [-0.25, -0.2) is 19.3 Å². The van der Waals surface area contributed by atoms with Gasteiger partial charge in [-0.2, -0.15) is 0 Å². The summed E-state index contributed by atoms with van der Waals surface area (Å²) in [5.41, 5.74) is 0.972. The summed E-state index contributed by atoms with van der Waals surface area (Å²) < 4.78 is 18.6. The number of nitrogens with one attached hydrogen (secondary N) is 1. The highest BCUT2D eigenvalue weighted by Gasteiger charge is 2.20. The van der Waals surface area contributed by atoms with Gasteiger partial charge in [0.15, 0.2) is 0 Å². The summed E-state index contributed by atoms with van der Waals surface area (Å²) in [5.74, 6) is 2.57. The number of nitrogens with zero attached hydrogens (tertiary/aromatic N) is 4. The maximum Gasteiger partial charge on any atom is 0.219 e. The summed E-state index contributed by atoms with van der Waals surface area (Å²) in [7, 11) is 0. The summed E-state index contributed by atoms with van der Waals surface area (Å²) >= 11 is 0. The van der Waals surface area contributed by atoms with Gasteiger partial charge < -0.3 is 20.1 Å². The van der Waals surface area contributed by atoms with Crippen LogP contribution in [0.3, 0.4) is 0 Å². The zero-order chi connectivity index (χ0) is 20.8. The van der Waals surface area contributed by atoms with Gasteiger partial charge in [0.2, 0.25) is 5.88 Å². The second-order valence-corrected chi connectivity index (χ2v) is 7.31. The van der Waals surface area contributed by atoms with Crippen molar-refractivity contribution < 1.29 is 14.2 Å². The van der Waals surface area contributed by atoms with Crippen molar-refractivity contribution in [2.45, 2.75) is 19.4 Å². The Hall–Kier alpha value is -3.26. The molecule has 1 unspecified atom stereocenters. The third-order valence-corrected chi connectivity index (χ3v) is 5.06. The zero-order valence-electron chi connectivity index (χ0n) is 16.5. The van der Waals surface area contributed by atoms with E-state index in [0.29, 0.717) is 24.1 Å². The quantitative estimate of drug-likeness (QED) is 0.617. The number of aromatic nitrogens is 3. The molecule has 7 nitrogen and oxygen atoms in total. The first kappa shape index (κ1) is 20.0. The van der Waals surface area contributed by atoms with E-state index >= 15 is 0 Å². The molecule has 1 aromatic carbocycles. The van der Waals surface area contributed by atoms with E-state index in [-0.39, 0.29) is 12.4 Å². The molecule has 0 bridgehead atoms. The number of halogens is 1. The topological polar surface area (TPSA) is 83.4 Å². The lowest BCUT2D eigenvalue weighted by Gasteiger charge is -2.32. The molecule has 0 spiro atoms. The summed E-state index contributed by atoms with van der Waals surface area (Å²) in [6.07, 6.45) is 5.38. The van der Waals surface area contributed by atoms with Crippen LogP contribution in [-0.4, -0.2) is 39.8 Å². The number of aliphatic hydroxyl groups is 1. The van der Waals surface area contributed by atoms with Gasteiger partial charge in [-0.3, -0.25) is 0 Å². The van der Waals surface area contributed by atoms with Gasteiger partial charge in [0.05, 0.1) is 0 Å². The van der Waals surface area contributed by atoms with Crippen molar-refractivity contribution in [1.29, 1.82) is 0 Å². The van der Waals surface area contributed by atoms with Gasteiger partial charge in [-0.1, -0.05) is 6.07 Å². The van der Waals surface area contributed by atoms with E-state index < -0.39 is 0 Å². The molecule has 0 amide bonds. The Balaban J connectivity index is 1.33. The maximum atomic E-state index is 13.0. The van der Waals surface area contributed by atoms with Gasteiger partial charge in [0.1, 0.15) is 29.5 Å². The molecule has 2 aromatic heterocycles. The van der Waals surface area contributed by atoms with Crippen LogP contribution in [0.25, 0.3) is 0 Å². The Morgan fingerprint density at radius 1 is 1.13 bits per heavy atom. The molecule has 156 valence electrons. The molecule has 1 fully saturated rings. The van der Waals surface area contributed by atoms with Crippen molar-refractivity contribution in [2.75, 3.05) is 29.9 Å². The van der Waals surface area contributed by atoms with Crippen LogP contribution < -0.4 is 15.0 Å². The maximum absolute atomic E-state index is 13.0. The summed E-state index contributed by atoms with van der Waals surface area (Å²) in [6.45, 7) is 2.51. The standard InChI is InChI=1S/C22H24FN5O2/c23-18-4-6-19(7-5-18)30-22-8-3-16(12-25-22)11-24-20-10-21(27-15-26-20)28-9-1-2-17(13-28)14-29/h3-8,10,12,15,17,29H,1-2,9,11,13-14H2,(H,24,26,27). The Bertz CT molecular complexity index is 953. The molecule has 8 heteroatoms. The van der Waals surface area contributed by atoms with E-state index in [0.717, 1.165) is 43.1 Å². The molecule has 1 atom stereocenters. The van der Waals surface area contributed by atoms with E-state index in [1.54, 1.807) is 30.7 Å². The van der Waals surface area contributed by atoms with Gasteiger partial charge in [0.25, 0.3) is 0 Å². The fraction of sp³-hybridized carbons (Fsp3) is 0.318. The van der Waals surface area contributed by atoms with Crippen molar-refractivity contribution >= 4 is 11.6 Å². The van der Waals surface area contributed by atoms with E-state index in [1.165, 1.54) is 12.1 Å². The third kappa shape index (κ3) is 5.21. The summed E-state index contributed by atoms with van der Waals surface area (Å²) in [4.78, 5) is 15.2. The number of pyridine rings is 1.